The predicted molar refractivity (Wildman–Crippen MR) is 162 cm³/mol. The van der Waals surface area contributed by atoms with Crippen molar-refractivity contribution in [2.24, 2.45) is 0 Å². The molecule has 0 fully saturated rings. The molecule has 41 heavy (non-hydrogen) atoms. The number of nitrogens with zero attached hydrogens (tertiary/aromatic N) is 1. The van der Waals surface area contributed by atoms with Crippen LogP contribution in [0, 0.1) is 0 Å². The number of carboxylic acid groups (broad SMARTS) is 1. The minimum absolute atomic E-state index is 0.0381. The summed E-state index contributed by atoms with van der Waals surface area (Å²) in [5.41, 5.74) is 4.75. The molecule has 0 radical (unpaired) electrons. The van der Waals surface area contributed by atoms with Gasteiger partial charge in [-0.2, -0.15) is 0 Å². The largest absolute Gasteiger partial charge is 0.481 e. The first-order chi connectivity index (χ1) is 20.2. The Hall–Kier alpha value is -5.42. The van der Waals surface area contributed by atoms with E-state index in [0.717, 1.165) is 22.6 Å². The molecule has 0 saturated heterocycles. The van der Waals surface area contributed by atoms with E-state index in [4.69, 9.17) is 14.6 Å². The SMILES string of the molecule is C1=CC(c2ccccc2)Oc2ccccc21.C1=CC(c2ccccc2)Oc2ccccc21.O=C(O)c1ccccn1. The zero-order chi connectivity index (χ0) is 28.3. The van der Waals surface area contributed by atoms with Gasteiger partial charge in [-0.05, 0) is 47.5 Å². The third-order valence-corrected chi connectivity index (χ3v) is 6.39. The quantitative estimate of drug-likeness (QED) is 0.249. The van der Waals surface area contributed by atoms with Crippen molar-refractivity contribution in [2.75, 3.05) is 0 Å². The van der Waals surface area contributed by atoms with Gasteiger partial charge in [0.15, 0.2) is 0 Å². The molecule has 0 spiro atoms. The Morgan fingerprint density at radius 1 is 0.561 bits per heavy atom. The van der Waals surface area contributed by atoms with E-state index in [1.807, 2.05) is 72.8 Å². The van der Waals surface area contributed by atoms with E-state index in [9.17, 15) is 4.79 Å². The monoisotopic (exact) mass is 539 g/mol. The number of carboxylic acids is 1. The summed E-state index contributed by atoms with van der Waals surface area (Å²) in [5.74, 6) is 0.924. The second kappa shape index (κ2) is 13.6. The molecule has 2 atom stereocenters. The Bertz CT molecular complexity index is 1520. The van der Waals surface area contributed by atoms with Crippen molar-refractivity contribution >= 4 is 18.1 Å². The van der Waals surface area contributed by atoms with E-state index in [1.165, 1.54) is 23.4 Å². The van der Waals surface area contributed by atoms with E-state index in [1.54, 1.807) is 12.1 Å². The third-order valence-electron chi connectivity index (χ3n) is 6.39. The van der Waals surface area contributed by atoms with E-state index >= 15 is 0 Å². The van der Waals surface area contributed by atoms with Crippen LogP contribution in [0.3, 0.4) is 0 Å². The number of aromatic carboxylic acids is 1. The Morgan fingerprint density at radius 2 is 1.00 bits per heavy atom. The fourth-order valence-electron chi connectivity index (χ4n) is 4.32. The highest BCUT2D eigenvalue weighted by atomic mass is 16.5. The van der Waals surface area contributed by atoms with Crippen molar-refractivity contribution in [3.63, 3.8) is 0 Å². The molecule has 0 aliphatic carbocycles. The lowest BCUT2D eigenvalue weighted by atomic mass is 10.0. The molecular formula is C36H29NO4. The van der Waals surface area contributed by atoms with E-state index < -0.39 is 5.97 Å². The lowest BCUT2D eigenvalue weighted by Gasteiger charge is -2.21. The van der Waals surface area contributed by atoms with Gasteiger partial charge in [0.05, 0.1) is 0 Å². The summed E-state index contributed by atoms with van der Waals surface area (Å²) in [6.45, 7) is 0. The van der Waals surface area contributed by atoms with Gasteiger partial charge < -0.3 is 14.6 Å². The molecule has 2 aliphatic heterocycles. The number of benzene rings is 4. The average Bonchev–Trinajstić information content (AvgIpc) is 3.06. The normalized spacial score (nSPS) is 15.7. The highest BCUT2D eigenvalue weighted by molar-refractivity contribution is 5.85. The fraction of sp³-hybridized carbons (Fsp3) is 0.0556. The third kappa shape index (κ3) is 7.37. The molecule has 202 valence electrons. The second-order valence-electron chi connectivity index (χ2n) is 9.21. The lowest BCUT2D eigenvalue weighted by Crippen LogP contribution is -2.08. The van der Waals surface area contributed by atoms with Crippen LogP contribution in [0.5, 0.6) is 11.5 Å². The second-order valence-corrected chi connectivity index (χ2v) is 9.21. The van der Waals surface area contributed by atoms with Crippen LogP contribution in [-0.4, -0.2) is 16.1 Å². The van der Waals surface area contributed by atoms with Crippen LogP contribution in [0.2, 0.25) is 0 Å². The van der Waals surface area contributed by atoms with Crippen molar-refractivity contribution in [2.45, 2.75) is 12.2 Å². The van der Waals surface area contributed by atoms with Gasteiger partial charge in [0.25, 0.3) is 0 Å². The van der Waals surface area contributed by atoms with Gasteiger partial charge >= 0.3 is 5.97 Å². The Labute approximate surface area is 239 Å². The highest BCUT2D eigenvalue weighted by Crippen LogP contribution is 2.33. The van der Waals surface area contributed by atoms with Crippen LogP contribution in [0.15, 0.2) is 146 Å². The summed E-state index contributed by atoms with van der Waals surface area (Å²) in [4.78, 5) is 13.7. The lowest BCUT2D eigenvalue weighted by molar-refractivity contribution is 0.0690. The number of ether oxygens (including phenoxy) is 2. The smallest absolute Gasteiger partial charge is 0.354 e. The molecule has 7 rings (SSSR count). The average molecular weight is 540 g/mol. The van der Waals surface area contributed by atoms with Crippen LogP contribution in [-0.2, 0) is 0 Å². The van der Waals surface area contributed by atoms with Gasteiger partial charge in [-0.1, -0.05) is 115 Å². The van der Waals surface area contributed by atoms with Crippen LogP contribution >= 0.6 is 0 Å². The summed E-state index contributed by atoms with van der Waals surface area (Å²) < 4.78 is 11.9. The van der Waals surface area contributed by atoms with Crippen LogP contribution < -0.4 is 9.47 Å². The topological polar surface area (TPSA) is 68.7 Å². The summed E-state index contributed by atoms with van der Waals surface area (Å²) in [6.07, 6.45) is 9.96. The molecule has 5 heteroatoms. The Morgan fingerprint density at radius 3 is 1.41 bits per heavy atom. The van der Waals surface area contributed by atoms with Gasteiger partial charge in [-0.15, -0.1) is 0 Å². The Balaban J connectivity index is 0.000000129. The molecule has 0 amide bonds. The van der Waals surface area contributed by atoms with Crippen molar-refractivity contribution in [1.82, 2.24) is 4.98 Å². The van der Waals surface area contributed by atoms with Gasteiger partial charge in [0.1, 0.15) is 29.4 Å². The number of fused-ring (bicyclic) bond motifs is 2. The van der Waals surface area contributed by atoms with E-state index in [-0.39, 0.29) is 17.9 Å². The van der Waals surface area contributed by atoms with Crippen LogP contribution in [0.25, 0.3) is 12.2 Å². The maximum absolute atomic E-state index is 10.1. The first-order valence-corrected chi connectivity index (χ1v) is 13.3. The highest BCUT2D eigenvalue weighted by Gasteiger charge is 2.16. The first-order valence-electron chi connectivity index (χ1n) is 13.3. The molecule has 2 unspecified atom stereocenters. The van der Waals surface area contributed by atoms with Crippen molar-refractivity contribution in [3.8, 4) is 11.5 Å². The van der Waals surface area contributed by atoms with Crippen LogP contribution in [0.1, 0.15) is 45.0 Å². The van der Waals surface area contributed by atoms with Crippen LogP contribution in [0.4, 0.5) is 0 Å². The number of pyridine rings is 1. The van der Waals surface area contributed by atoms with Gasteiger partial charge in [-0.3, -0.25) is 0 Å². The van der Waals surface area contributed by atoms with Gasteiger partial charge in [0.2, 0.25) is 0 Å². The number of carbonyl (C=O) groups is 1. The number of hydrogen-bond acceptors (Lipinski definition) is 4. The standard InChI is InChI=1S/2C15H12O.C6H5NO2/c2*1-2-6-12(7-3-1)15-11-10-13-8-4-5-9-14(13)16-15;8-6(9)5-3-1-2-4-7-5/h2*1-11,15H;1-4H,(H,8,9). The zero-order valence-electron chi connectivity index (χ0n) is 22.3. The maximum Gasteiger partial charge on any atom is 0.354 e. The molecule has 3 heterocycles. The molecule has 0 saturated carbocycles. The molecular weight excluding hydrogens is 510 g/mol. The van der Waals surface area contributed by atoms with Crippen molar-refractivity contribution in [1.29, 1.82) is 0 Å². The molecule has 2 aliphatic rings. The predicted octanol–water partition coefficient (Wildman–Crippen LogP) is 8.45. The number of aromatic nitrogens is 1. The van der Waals surface area contributed by atoms with Gasteiger partial charge in [-0.25, -0.2) is 9.78 Å². The van der Waals surface area contributed by atoms with E-state index in [2.05, 4.69) is 65.7 Å². The summed E-state index contributed by atoms with van der Waals surface area (Å²) in [6, 6.07) is 41.5. The number of para-hydroxylation sites is 2. The minimum Gasteiger partial charge on any atom is -0.481 e. The minimum atomic E-state index is -0.990. The zero-order valence-corrected chi connectivity index (χ0v) is 22.3. The van der Waals surface area contributed by atoms with Crippen molar-refractivity contribution in [3.05, 3.63) is 174 Å². The van der Waals surface area contributed by atoms with E-state index in [0.29, 0.717) is 0 Å². The molecule has 1 aromatic heterocycles. The molecule has 1 N–H and O–H groups in total. The summed E-state index contributed by atoms with van der Waals surface area (Å²) in [5, 5.41) is 8.32. The maximum atomic E-state index is 10.1. The fourth-order valence-corrected chi connectivity index (χ4v) is 4.32. The molecule has 5 aromatic rings. The number of rotatable bonds is 3. The Kier molecular flexibility index (Phi) is 9.00. The first kappa shape index (κ1) is 27.2. The summed E-state index contributed by atoms with van der Waals surface area (Å²) >= 11 is 0. The van der Waals surface area contributed by atoms with Crippen molar-refractivity contribution < 1.29 is 19.4 Å². The number of hydrogen-bond donors (Lipinski definition) is 1. The molecule has 0 bridgehead atoms. The summed E-state index contributed by atoms with van der Waals surface area (Å²) in [7, 11) is 0. The van der Waals surface area contributed by atoms with Gasteiger partial charge in [0, 0.05) is 17.3 Å². The molecule has 5 nitrogen and oxygen atoms in total. The molecule has 4 aromatic carbocycles.